The number of aromatic nitrogens is 2. The number of unbranched alkanes of at least 4 members (excludes halogenated alkanes) is 1. The number of hydrogen-bond acceptors (Lipinski definition) is 9. The maximum atomic E-state index is 13.9. The first-order valence-corrected chi connectivity index (χ1v) is 17.6. The van der Waals surface area contributed by atoms with Crippen LogP contribution >= 0.6 is 0 Å². The number of nitrogens with one attached hydrogen (secondary N) is 3. The molecule has 0 aliphatic carbocycles. The summed E-state index contributed by atoms with van der Waals surface area (Å²) in [5.41, 5.74) is 19.5. The van der Waals surface area contributed by atoms with E-state index in [4.69, 9.17) is 17.2 Å². The lowest BCUT2D eigenvalue weighted by atomic mass is 9.91. The first-order valence-electron chi connectivity index (χ1n) is 17.6. The zero-order chi connectivity index (χ0) is 38.0. The number of Topliss-reactive ketones (excluding diaryl/α,β-unsaturated/α-hetero) is 3. The molecule has 3 rings (SSSR count). The number of primary amides is 1. The number of rotatable bonds is 23. The molecule has 0 spiro atoms. The normalized spacial score (nSPS) is 13.9. The third-order valence-corrected chi connectivity index (χ3v) is 8.88. The van der Waals surface area contributed by atoms with Crippen molar-refractivity contribution in [2.45, 2.75) is 83.5 Å². The van der Waals surface area contributed by atoms with E-state index < -0.39 is 53.6 Å². The Balaban J connectivity index is 1.72. The van der Waals surface area contributed by atoms with Gasteiger partial charge in [-0.3, -0.25) is 24.0 Å². The van der Waals surface area contributed by atoms with Crippen molar-refractivity contribution in [1.82, 2.24) is 25.5 Å². The van der Waals surface area contributed by atoms with E-state index in [-0.39, 0.29) is 50.3 Å². The van der Waals surface area contributed by atoms with Crippen molar-refractivity contribution in [1.29, 1.82) is 0 Å². The molecule has 1 heterocycles. The molecule has 0 radical (unpaired) electrons. The lowest BCUT2D eigenvalue weighted by molar-refractivity contribution is -0.132. The highest BCUT2D eigenvalue weighted by atomic mass is 16.2. The van der Waals surface area contributed by atoms with Gasteiger partial charge in [-0.15, -0.1) is 0 Å². The van der Waals surface area contributed by atoms with E-state index in [2.05, 4.69) is 20.6 Å². The predicted molar refractivity (Wildman–Crippen MR) is 196 cm³/mol. The highest BCUT2D eigenvalue weighted by molar-refractivity contribution is 5.95. The van der Waals surface area contributed by atoms with Gasteiger partial charge < -0.3 is 37.7 Å². The van der Waals surface area contributed by atoms with Crippen LogP contribution in [-0.4, -0.2) is 81.3 Å². The summed E-state index contributed by atoms with van der Waals surface area (Å²) in [7, 11) is 0. The van der Waals surface area contributed by atoms with Crippen molar-refractivity contribution in [2.75, 3.05) is 13.1 Å². The minimum atomic E-state index is -1.02. The summed E-state index contributed by atoms with van der Waals surface area (Å²) in [6, 6.07) is 14.7. The van der Waals surface area contributed by atoms with E-state index in [1.54, 1.807) is 37.4 Å². The first-order chi connectivity index (χ1) is 24.9. The molecule has 4 amide bonds. The number of imidazole rings is 1. The molecule has 0 saturated carbocycles. The molecule has 0 unspecified atom stereocenters. The molecular weight excluding hydrogens is 664 g/mol. The largest absolute Gasteiger partial charge is 0.369 e. The van der Waals surface area contributed by atoms with Crippen molar-refractivity contribution < 1.29 is 28.8 Å². The third-order valence-electron chi connectivity index (χ3n) is 8.88. The van der Waals surface area contributed by atoms with E-state index in [1.807, 2.05) is 36.4 Å². The number of carbonyl (C=O) groups excluding carboxylic acids is 6. The SMILES string of the molecule is C[C@H](NC(=O)[C@@H](C)CC(=O)[C@@H](N)Cc1cnc[nH]1)C(=O)CN(Cc1ccccc1)C(=O)N[C@H](Cc1ccccc1)C(=O)C[C@@H](CCCCN)C(N)=O. The Morgan fingerprint density at radius 1 is 0.827 bits per heavy atom. The van der Waals surface area contributed by atoms with Gasteiger partial charge in [-0.2, -0.15) is 0 Å². The number of ketones is 3. The first kappa shape index (κ1) is 41.2. The number of nitrogens with two attached hydrogens (primary N) is 3. The summed E-state index contributed by atoms with van der Waals surface area (Å²) in [5, 5.41) is 5.48. The average Bonchev–Trinajstić information content (AvgIpc) is 3.64. The Labute approximate surface area is 304 Å². The molecule has 52 heavy (non-hydrogen) atoms. The number of aromatic amines is 1. The summed E-state index contributed by atoms with van der Waals surface area (Å²) >= 11 is 0. The maximum absolute atomic E-state index is 13.9. The van der Waals surface area contributed by atoms with Crippen LogP contribution in [0.3, 0.4) is 0 Å². The van der Waals surface area contributed by atoms with Gasteiger partial charge in [-0.1, -0.05) is 74.0 Å². The molecule has 0 aliphatic heterocycles. The van der Waals surface area contributed by atoms with E-state index >= 15 is 0 Å². The summed E-state index contributed by atoms with van der Waals surface area (Å²) in [6.07, 6.45) is 4.89. The Morgan fingerprint density at radius 3 is 2.08 bits per heavy atom. The van der Waals surface area contributed by atoms with E-state index in [9.17, 15) is 28.8 Å². The summed E-state index contributed by atoms with van der Waals surface area (Å²) in [6.45, 7) is 3.18. The molecule has 0 bridgehead atoms. The van der Waals surface area contributed by atoms with E-state index in [0.29, 0.717) is 31.5 Å². The highest BCUT2D eigenvalue weighted by Crippen LogP contribution is 2.17. The van der Waals surface area contributed by atoms with E-state index in [1.165, 1.54) is 18.2 Å². The smallest absolute Gasteiger partial charge is 0.318 e. The van der Waals surface area contributed by atoms with Gasteiger partial charge in [0, 0.05) is 49.5 Å². The van der Waals surface area contributed by atoms with Crippen molar-refractivity contribution >= 4 is 35.2 Å². The number of urea groups is 1. The lowest BCUT2D eigenvalue weighted by Gasteiger charge is -2.28. The van der Waals surface area contributed by atoms with Crippen LogP contribution in [0, 0.1) is 11.8 Å². The summed E-state index contributed by atoms with van der Waals surface area (Å²) < 4.78 is 0. The number of hydrogen-bond donors (Lipinski definition) is 6. The fraction of sp³-hybridized carbons (Fsp3) is 0.447. The summed E-state index contributed by atoms with van der Waals surface area (Å²) in [4.78, 5) is 87.2. The second kappa shape index (κ2) is 21.2. The second-order valence-electron chi connectivity index (χ2n) is 13.2. The molecule has 5 atom stereocenters. The molecule has 9 N–H and O–H groups in total. The zero-order valence-corrected chi connectivity index (χ0v) is 30.0. The van der Waals surface area contributed by atoms with Crippen LogP contribution < -0.4 is 27.8 Å². The predicted octanol–water partition coefficient (Wildman–Crippen LogP) is 1.96. The molecule has 280 valence electrons. The standard InChI is InChI=1S/C38H52N8O6/c1-25(17-33(47)31(40)20-30-21-42-24-43-30)37(51)44-26(2)35(49)23-46(22-28-13-7-4-8-14-28)38(52)45-32(18-27-11-5-3-6-12-27)34(48)19-29(36(41)50)15-9-10-16-39/h3-8,11-14,21,24-26,29,31-32H,9-10,15-20,22-23,39-40H2,1-2H3,(H2,41,50)(H,42,43)(H,44,51)(H,45,52)/t25-,26-,29+,31-,32+/m0/s1. The minimum Gasteiger partial charge on any atom is -0.369 e. The van der Waals surface area contributed by atoms with Crippen LogP contribution in [0.4, 0.5) is 4.79 Å². The van der Waals surface area contributed by atoms with Crippen LogP contribution in [0.5, 0.6) is 0 Å². The highest BCUT2D eigenvalue weighted by Gasteiger charge is 2.30. The Kier molecular flexibility index (Phi) is 16.8. The maximum Gasteiger partial charge on any atom is 0.318 e. The van der Waals surface area contributed by atoms with Crippen molar-refractivity contribution in [3.63, 3.8) is 0 Å². The molecule has 0 saturated heterocycles. The molecule has 14 heteroatoms. The number of benzene rings is 2. The molecule has 2 aromatic carbocycles. The molecular formula is C38H52N8O6. The molecule has 0 aliphatic rings. The van der Waals surface area contributed by atoms with Gasteiger partial charge in [0.05, 0.1) is 31.0 Å². The quantitative estimate of drug-likeness (QED) is 0.0786. The number of amides is 4. The Morgan fingerprint density at radius 2 is 1.48 bits per heavy atom. The van der Waals surface area contributed by atoms with Crippen molar-refractivity contribution in [3.05, 3.63) is 90.0 Å². The van der Waals surface area contributed by atoms with Gasteiger partial charge in [0.1, 0.15) is 0 Å². The molecule has 0 fully saturated rings. The Bertz CT molecular complexity index is 1600. The average molecular weight is 717 g/mol. The number of H-pyrrole nitrogens is 1. The van der Waals surface area contributed by atoms with Crippen molar-refractivity contribution in [3.8, 4) is 0 Å². The van der Waals surface area contributed by atoms with Gasteiger partial charge in [-0.05, 0) is 43.9 Å². The summed E-state index contributed by atoms with van der Waals surface area (Å²) in [5.74, 6) is -3.72. The van der Waals surface area contributed by atoms with Gasteiger partial charge in [0.2, 0.25) is 11.8 Å². The van der Waals surface area contributed by atoms with Crippen LogP contribution in [0.1, 0.15) is 62.8 Å². The van der Waals surface area contributed by atoms with Gasteiger partial charge >= 0.3 is 6.03 Å². The molecule has 14 nitrogen and oxygen atoms in total. The monoisotopic (exact) mass is 716 g/mol. The van der Waals surface area contributed by atoms with Gasteiger partial charge in [-0.25, -0.2) is 9.78 Å². The number of carbonyl (C=O) groups is 6. The van der Waals surface area contributed by atoms with Crippen LogP contribution in [0.2, 0.25) is 0 Å². The van der Waals surface area contributed by atoms with E-state index in [0.717, 1.165) is 11.1 Å². The molecule has 1 aromatic heterocycles. The second-order valence-corrected chi connectivity index (χ2v) is 13.2. The zero-order valence-electron chi connectivity index (χ0n) is 30.0. The van der Waals surface area contributed by atoms with Gasteiger partial charge in [0.15, 0.2) is 17.3 Å². The van der Waals surface area contributed by atoms with Crippen molar-refractivity contribution in [2.24, 2.45) is 29.0 Å². The minimum absolute atomic E-state index is 0.0352. The Hall–Kier alpha value is -5.21. The lowest BCUT2D eigenvalue weighted by Crippen LogP contribution is -2.52. The fourth-order valence-corrected chi connectivity index (χ4v) is 5.66. The van der Waals surface area contributed by atoms with Crippen LogP contribution in [0.15, 0.2) is 73.2 Å². The topological polar surface area (TPSA) is 236 Å². The fourth-order valence-electron chi connectivity index (χ4n) is 5.66. The van der Waals surface area contributed by atoms with Crippen LogP contribution in [0.25, 0.3) is 0 Å². The van der Waals surface area contributed by atoms with Gasteiger partial charge in [0.25, 0.3) is 0 Å². The van der Waals surface area contributed by atoms with Crippen LogP contribution in [-0.2, 0) is 43.4 Å². The molecule has 3 aromatic rings. The number of nitrogens with zero attached hydrogens (tertiary/aromatic N) is 2. The third kappa shape index (κ3) is 13.8.